The molecule has 0 aliphatic heterocycles. The summed E-state index contributed by atoms with van der Waals surface area (Å²) in [5.41, 5.74) is 2.48. The van der Waals surface area contributed by atoms with Gasteiger partial charge in [-0.3, -0.25) is 13.8 Å². The zero-order valence-electron chi connectivity index (χ0n) is 16.7. The highest BCUT2D eigenvalue weighted by Gasteiger charge is 2.35. The molecule has 2 rings (SSSR count). The second-order valence-electron chi connectivity index (χ2n) is 6.90. The number of benzene rings is 1. The van der Waals surface area contributed by atoms with Crippen molar-refractivity contribution in [2.45, 2.75) is 49.7 Å². The van der Waals surface area contributed by atoms with Crippen LogP contribution >= 0.6 is 11.6 Å². The Kier molecular flexibility index (Phi) is 9.48. The van der Waals surface area contributed by atoms with Crippen LogP contribution in [0, 0.1) is 5.92 Å². The number of hydrogen-bond acceptors (Lipinski definition) is 5. The monoisotopic (exact) mass is 435 g/mol. The Balaban J connectivity index is 2.10. The molecule has 7 heteroatoms. The van der Waals surface area contributed by atoms with Crippen LogP contribution < -0.4 is 0 Å². The number of ketones is 2. The molecule has 3 atom stereocenters. The molecule has 0 spiro atoms. The fourth-order valence-corrected chi connectivity index (χ4v) is 4.56. The zero-order chi connectivity index (χ0) is 21.2. The van der Waals surface area contributed by atoms with Crippen molar-refractivity contribution in [3.05, 3.63) is 53.6 Å². The van der Waals surface area contributed by atoms with Crippen LogP contribution in [0.4, 0.5) is 0 Å². The third-order valence-corrected chi connectivity index (χ3v) is 6.34. The summed E-state index contributed by atoms with van der Waals surface area (Å²) < 4.78 is 12.7. The molecule has 0 saturated carbocycles. The Morgan fingerprint density at radius 2 is 2.07 bits per heavy atom. The van der Waals surface area contributed by atoms with Gasteiger partial charge < -0.3 is 4.84 Å². The quantitative estimate of drug-likeness (QED) is 0.233. The van der Waals surface area contributed by atoms with E-state index in [0.717, 1.165) is 16.9 Å². The number of hydrogen-bond donors (Lipinski definition) is 0. The van der Waals surface area contributed by atoms with E-state index in [4.69, 9.17) is 16.4 Å². The minimum absolute atomic E-state index is 0.164. The highest BCUT2D eigenvalue weighted by Crippen LogP contribution is 2.26. The Bertz CT molecular complexity index is 832. The average molecular weight is 436 g/mol. The summed E-state index contributed by atoms with van der Waals surface area (Å²) in [5, 5.41) is 3.82. The van der Waals surface area contributed by atoms with E-state index in [2.05, 4.69) is 5.16 Å². The standard InChI is InChI=1S/C22H26ClNO4S/c1-3-8-19(24-28-12-7-11-23)22-20(25)14-17(15-21(22)26)13-16(2)29(27)18-9-5-4-6-10-18/h4-7,9-11,14,16,22H,3,8,12-13,15H2,1-2H3. The van der Waals surface area contributed by atoms with E-state index in [-0.39, 0.29) is 29.8 Å². The number of oxime groups is 1. The summed E-state index contributed by atoms with van der Waals surface area (Å²) in [6.45, 7) is 4.00. The summed E-state index contributed by atoms with van der Waals surface area (Å²) in [6, 6.07) is 9.20. The molecule has 1 aliphatic rings. The first-order valence-corrected chi connectivity index (χ1v) is 11.3. The maximum atomic E-state index is 12.7. The van der Waals surface area contributed by atoms with Crippen molar-refractivity contribution in [2.24, 2.45) is 11.1 Å². The fraction of sp³-hybridized carbons (Fsp3) is 0.409. The van der Waals surface area contributed by atoms with E-state index >= 15 is 0 Å². The third-order valence-electron chi connectivity index (χ3n) is 4.53. The molecule has 156 valence electrons. The number of nitrogens with zero attached hydrogens (tertiary/aromatic N) is 1. The van der Waals surface area contributed by atoms with Crippen LogP contribution in [0.5, 0.6) is 0 Å². The van der Waals surface area contributed by atoms with Crippen molar-refractivity contribution < 1.29 is 18.6 Å². The first-order valence-electron chi connectivity index (χ1n) is 9.63. The van der Waals surface area contributed by atoms with Gasteiger partial charge in [0.2, 0.25) is 0 Å². The number of rotatable bonds is 10. The van der Waals surface area contributed by atoms with Gasteiger partial charge in [-0.2, -0.15) is 0 Å². The van der Waals surface area contributed by atoms with E-state index in [1.807, 2.05) is 44.2 Å². The number of Topliss-reactive ketones (excluding diaryl/α,β-unsaturated/α-hetero) is 1. The minimum Gasteiger partial charge on any atom is -0.392 e. The van der Waals surface area contributed by atoms with Gasteiger partial charge in [-0.1, -0.05) is 60.8 Å². The predicted octanol–water partition coefficient (Wildman–Crippen LogP) is 4.58. The maximum absolute atomic E-state index is 12.7. The van der Waals surface area contributed by atoms with Crippen LogP contribution in [0.3, 0.4) is 0 Å². The first kappa shape index (κ1) is 23.2. The fourth-order valence-electron chi connectivity index (χ4n) is 3.23. The smallest absolute Gasteiger partial charge is 0.171 e. The lowest BCUT2D eigenvalue weighted by molar-refractivity contribution is -0.128. The van der Waals surface area contributed by atoms with Crippen LogP contribution in [0.25, 0.3) is 0 Å². The maximum Gasteiger partial charge on any atom is 0.171 e. The van der Waals surface area contributed by atoms with Crippen molar-refractivity contribution in [1.29, 1.82) is 0 Å². The van der Waals surface area contributed by atoms with Crippen molar-refractivity contribution in [3.63, 3.8) is 0 Å². The lowest BCUT2D eigenvalue weighted by Gasteiger charge is -2.22. The normalized spacial score (nSPS) is 19.9. The first-order chi connectivity index (χ1) is 14.0. The SMILES string of the molecule is CCCC(=NOCC=CCl)C1C(=O)C=C(CC(C)S(=O)c2ccccc2)CC1=O. The van der Waals surface area contributed by atoms with E-state index in [1.54, 1.807) is 6.08 Å². The molecule has 3 unspecified atom stereocenters. The second-order valence-corrected chi connectivity index (χ2v) is 9.02. The topological polar surface area (TPSA) is 72.8 Å². The molecule has 1 aromatic carbocycles. The van der Waals surface area contributed by atoms with E-state index < -0.39 is 16.7 Å². The Labute approximate surface area is 179 Å². The molecule has 0 fully saturated rings. The zero-order valence-corrected chi connectivity index (χ0v) is 18.2. The van der Waals surface area contributed by atoms with Gasteiger partial charge in [-0.15, -0.1) is 0 Å². The van der Waals surface area contributed by atoms with Crippen molar-refractivity contribution in [2.75, 3.05) is 6.61 Å². The lowest BCUT2D eigenvalue weighted by atomic mass is 9.81. The van der Waals surface area contributed by atoms with Gasteiger partial charge in [-0.05, 0) is 37.1 Å². The van der Waals surface area contributed by atoms with Crippen molar-refractivity contribution in [1.82, 2.24) is 0 Å². The number of allylic oxidation sites excluding steroid dienone is 2. The van der Waals surface area contributed by atoms with Gasteiger partial charge >= 0.3 is 0 Å². The number of halogens is 1. The molecule has 0 aromatic heterocycles. The minimum atomic E-state index is -1.20. The molecule has 0 saturated heterocycles. The van der Waals surface area contributed by atoms with E-state index in [0.29, 0.717) is 18.6 Å². The molecular formula is C22H26ClNO4S. The molecule has 29 heavy (non-hydrogen) atoms. The average Bonchev–Trinajstić information content (AvgIpc) is 2.70. The molecule has 0 heterocycles. The highest BCUT2D eigenvalue weighted by atomic mass is 35.5. The van der Waals surface area contributed by atoms with Gasteiger partial charge in [0, 0.05) is 22.1 Å². The summed E-state index contributed by atoms with van der Waals surface area (Å²) >= 11 is 5.45. The molecule has 0 N–H and O–H groups in total. The molecule has 1 aliphatic carbocycles. The second kappa shape index (κ2) is 11.8. The third kappa shape index (κ3) is 6.75. The van der Waals surface area contributed by atoms with Crippen LogP contribution in [-0.2, 0) is 25.2 Å². The van der Waals surface area contributed by atoms with Gasteiger partial charge in [0.25, 0.3) is 0 Å². The summed E-state index contributed by atoms with van der Waals surface area (Å²) in [5.74, 6) is -1.36. The molecule has 1 aromatic rings. The number of carbonyl (C=O) groups excluding carboxylic acids is 2. The highest BCUT2D eigenvalue weighted by molar-refractivity contribution is 7.85. The largest absolute Gasteiger partial charge is 0.392 e. The van der Waals surface area contributed by atoms with Crippen LogP contribution in [0.1, 0.15) is 39.5 Å². The van der Waals surface area contributed by atoms with Crippen molar-refractivity contribution in [3.8, 4) is 0 Å². The van der Waals surface area contributed by atoms with Crippen molar-refractivity contribution >= 4 is 39.7 Å². The number of carbonyl (C=O) groups is 2. The summed E-state index contributed by atoms with van der Waals surface area (Å²) in [7, 11) is -1.20. The Morgan fingerprint density at radius 3 is 2.69 bits per heavy atom. The predicted molar refractivity (Wildman–Crippen MR) is 116 cm³/mol. The van der Waals surface area contributed by atoms with Gasteiger partial charge in [0.15, 0.2) is 11.6 Å². The Hall–Kier alpha value is -2.05. The summed E-state index contributed by atoms with van der Waals surface area (Å²) in [4.78, 5) is 31.3. The van der Waals surface area contributed by atoms with Crippen LogP contribution in [-0.4, -0.2) is 33.3 Å². The van der Waals surface area contributed by atoms with Gasteiger partial charge in [0.1, 0.15) is 12.5 Å². The molecule has 5 nitrogen and oxygen atoms in total. The van der Waals surface area contributed by atoms with E-state index in [1.165, 1.54) is 11.6 Å². The summed E-state index contributed by atoms with van der Waals surface area (Å²) in [6.07, 6.45) is 4.94. The van der Waals surface area contributed by atoms with E-state index in [9.17, 15) is 13.8 Å². The molecular weight excluding hydrogens is 410 g/mol. The molecule has 0 radical (unpaired) electrons. The van der Waals surface area contributed by atoms with Gasteiger partial charge in [-0.25, -0.2) is 0 Å². The van der Waals surface area contributed by atoms with Crippen LogP contribution in [0.2, 0.25) is 0 Å². The molecule has 0 amide bonds. The molecule has 0 bridgehead atoms. The van der Waals surface area contributed by atoms with Gasteiger partial charge in [0.05, 0.1) is 16.5 Å². The van der Waals surface area contributed by atoms with Crippen LogP contribution in [0.15, 0.2) is 63.6 Å². The lowest BCUT2D eigenvalue weighted by Crippen LogP contribution is -2.35. The Morgan fingerprint density at radius 1 is 1.34 bits per heavy atom.